The van der Waals surface area contributed by atoms with Gasteiger partial charge in [-0.25, -0.2) is 4.98 Å². The number of fused-ring (bicyclic) bond motifs is 1. The number of nitrogens with zero attached hydrogens (tertiary/aromatic N) is 2. The van der Waals surface area contributed by atoms with E-state index in [2.05, 4.69) is 17.1 Å². The van der Waals surface area contributed by atoms with Crippen molar-refractivity contribution in [2.24, 2.45) is 0 Å². The van der Waals surface area contributed by atoms with E-state index in [4.69, 9.17) is 25.8 Å². The summed E-state index contributed by atoms with van der Waals surface area (Å²) in [5.41, 5.74) is 4.90. The monoisotopic (exact) mass is 394 g/mol. The summed E-state index contributed by atoms with van der Waals surface area (Å²) < 4.78 is 18.4. The standard InChI is InChI=1S/C22H19ClN2O3/c1-26-20-11-17(12-21(27-2)22(20)28-3)25-13-24-18-9-6-15(10-19(18)25)14-4-7-16(23)8-5-14/h4-13H,1-3H3. The van der Waals surface area contributed by atoms with Crippen LogP contribution in [0.3, 0.4) is 0 Å². The van der Waals surface area contributed by atoms with Crippen molar-refractivity contribution in [1.29, 1.82) is 0 Å². The lowest BCUT2D eigenvalue weighted by molar-refractivity contribution is 0.324. The molecular weight excluding hydrogens is 376 g/mol. The Balaban J connectivity index is 1.87. The zero-order valence-electron chi connectivity index (χ0n) is 15.8. The van der Waals surface area contributed by atoms with Gasteiger partial charge in [-0.1, -0.05) is 29.8 Å². The number of hydrogen-bond donors (Lipinski definition) is 0. The van der Waals surface area contributed by atoms with Crippen LogP contribution in [0.1, 0.15) is 0 Å². The number of hydrogen-bond acceptors (Lipinski definition) is 4. The molecule has 0 radical (unpaired) electrons. The summed E-state index contributed by atoms with van der Waals surface area (Å²) in [6.45, 7) is 0. The molecular formula is C22H19ClN2O3. The van der Waals surface area contributed by atoms with E-state index in [9.17, 15) is 0 Å². The van der Waals surface area contributed by atoms with E-state index in [0.717, 1.165) is 27.8 Å². The van der Waals surface area contributed by atoms with E-state index in [-0.39, 0.29) is 0 Å². The predicted octanol–water partition coefficient (Wildman–Crippen LogP) is 5.37. The predicted molar refractivity (Wildman–Crippen MR) is 111 cm³/mol. The third-order valence-corrected chi connectivity index (χ3v) is 4.90. The first-order valence-electron chi connectivity index (χ1n) is 8.68. The maximum atomic E-state index is 6.02. The highest BCUT2D eigenvalue weighted by atomic mass is 35.5. The Morgan fingerprint density at radius 1 is 0.786 bits per heavy atom. The summed E-state index contributed by atoms with van der Waals surface area (Å²) in [6, 6.07) is 17.7. The largest absolute Gasteiger partial charge is 0.493 e. The second kappa shape index (κ2) is 7.44. The van der Waals surface area contributed by atoms with Crippen molar-refractivity contribution in [3.63, 3.8) is 0 Å². The molecule has 0 unspecified atom stereocenters. The van der Waals surface area contributed by atoms with Crippen molar-refractivity contribution in [2.75, 3.05) is 21.3 Å². The number of ether oxygens (including phenoxy) is 3. The van der Waals surface area contributed by atoms with Crippen LogP contribution in [0, 0.1) is 0 Å². The fourth-order valence-electron chi connectivity index (χ4n) is 3.24. The molecule has 0 aliphatic heterocycles. The van der Waals surface area contributed by atoms with Crippen LogP contribution in [0.2, 0.25) is 5.02 Å². The van der Waals surface area contributed by atoms with Crippen LogP contribution in [0.5, 0.6) is 17.2 Å². The number of aromatic nitrogens is 2. The van der Waals surface area contributed by atoms with Crippen molar-refractivity contribution in [3.05, 3.63) is 65.9 Å². The van der Waals surface area contributed by atoms with Crippen LogP contribution in [0.15, 0.2) is 60.9 Å². The van der Waals surface area contributed by atoms with E-state index in [0.29, 0.717) is 22.3 Å². The molecule has 1 heterocycles. The smallest absolute Gasteiger partial charge is 0.203 e. The molecule has 0 saturated carbocycles. The summed E-state index contributed by atoms with van der Waals surface area (Å²) in [7, 11) is 4.79. The summed E-state index contributed by atoms with van der Waals surface area (Å²) in [5, 5.41) is 0.715. The van der Waals surface area contributed by atoms with Gasteiger partial charge >= 0.3 is 0 Å². The molecule has 4 rings (SSSR count). The van der Waals surface area contributed by atoms with E-state index in [1.807, 2.05) is 47.0 Å². The van der Waals surface area contributed by atoms with Gasteiger partial charge in [0.2, 0.25) is 5.75 Å². The lowest BCUT2D eigenvalue weighted by atomic mass is 10.1. The summed E-state index contributed by atoms with van der Waals surface area (Å²) >= 11 is 6.02. The lowest BCUT2D eigenvalue weighted by Crippen LogP contribution is -1.99. The van der Waals surface area contributed by atoms with Gasteiger partial charge in [0.1, 0.15) is 6.33 Å². The van der Waals surface area contributed by atoms with Crippen LogP contribution in [-0.2, 0) is 0 Å². The topological polar surface area (TPSA) is 45.5 Å². The fraction of sp³-hybridized carbons (Fsp3) is 0.136. The molecule has 0 bridgehead atoms. The molecule has 0 fully saturated rings. The van der Waals surface area contributed by atoms with Crippen LogP contribution >= 0.6 is 11.6 Å². The molecule has 0 aliphatic rings. The Hall–Kier alpha value is -3.18. The van der Waals surface area contributed by atoms with E-state index in [1.165, 1.54) is 0 Å². The van der Waals surface area contributed by atoms with Gasteiger partial charge in [0, 0.05) is 17.2 Å². The zero-order valence-corrected chi connectivity index (χ0v) is 16.5. The number of methoxy groups -OCH3 is 3. The maximum Gasteiger partial charge on any atom is 0.203 e. The molecule has 0 aliphatic carbocycles. The van der Waals surface area contributed by atoms with E-state index >= 15 is 0 Å². The minimum Gasteiger partial charge on any atom is -0.493 e. The van der Waals surface area contributed by atoms with E-state index < -0.39 is 0 Å². The first-order chi connectivity index (χ1) is 13.6. The highest BCUT2D eigenvalue weighted by molar-refractivity contribution is 6.30. The quantitative estimate of drug-likeness (QED) is 0.456. The van der Waals surface area contributed by atoms with Gasteiger partial charge in [0.15, 0.2) is 11.5 Å². The summed E-state index contributed by atoms with van der Waals surface area (Å²) in [6.07, 6.45) is 1.79. The van der Waals surface area contributed by atoms with Gasteiger partial charge in [0.05, 0.1) is 38.1 Å². The van der Waals surface area contributed by atoms with E-state index in [1.54, 1.807) is 27.7 Å². The van der Waals surface area contributed by atoms with Crippen molar-refractivity contribution in [3.8, 4) is 34.1 Å². The molecule has 0 saturated heterocycles. The van der Waals surface area contributed by atoms with Gasteiger partial charge < -0.3 is 14.2 Å². The van der Waals surface area contributed by atoms with Gasteiger partial charge in [-0.15, -0.1) is 0 Å². The second-order valence-electron chi connectivity index (χ2n) is 6.21. The van der Waals surface area contributed by atoms with Crippen molar-refractivity contribution in [1.82, 2.24) is 9.55 Å². The molecule has 28 heavy (non-hydrogen) atoms. The minimum absolute atomic E-state index is 0.556. The second-order valence-corrected chi connectivity index (χ2v) is 6.64. The van der Waals surface area contributed by atoms with Crippen LogP contribution in [0.4, 0.5) is 0 Å². The van der Waals surface area contributed by atoms with Crippen molar-refractivity contribution in [2.45, 2.75) is 0 Å². The molecule has 5 nitrogen and oxygen atoms in total. The van der Waals surface area contributed by atoms with Crippen LogP contribution in [0.25, 0.3) is 27.8 Å². The first-order valence-corrected chi connectivity index (χ1v) is 9.06. The third kappa shape index (κ3) is 3.14. The Labute approximate surface area is 168 Å². The van der Waals surface area contributed by atoms with Crippen LogP contribution in [-0.4, -0.2) is 30.9 Å². The molecule has 0 spiro atoms. The molecule has 142 valence electrons. The Morgan fingerprint density at radius 3 is 2.04 bits per heavy atom. The van der Waals surface area contributed by atoms with Crippen molar-refractivity contribution < 1.29 is 14.2 Å². The first kappa shape index (κ1) is 18.2. The Bertz CT molecular complexity index is 1110. The minimum atomic E-state index is 0.556. The molecule has 6 heteroatoms. The Kier molecular flexibility index (Phi) is 4.84. The molecule has 3 aromatic carbocycles. The van der Waals surface area contributed by atoms with Crippen LogP contribution < -0.4 is 14.2 Å². The van der Waals surface area contributed by atoms with Gasteiger partial charge in [-0.2, -0.15) is 0 Å². The molecule has 0 atom stereocenters. The zero-order chi connectivity index (χ0) is 19.7. The molecule has 0 N–H and O–H groups in total. The number of benzene rings is 3. The molecule has 1 aromatic heterocycles. The van der Waals surface area contributed by atoms with Gasteiger partial charge in [-0.3, -0.25) is 4.57 Å². The molecule has 0 amide bonds. The summed E-state index contributed by atoms with van der Waals surface area (Å²) in [5.74, 6) is 1.74. The van der Waals surface area contributed by atoms with Gasteiger partial charge in [-0.05, 0) is 35.4 Å². The Morgan fingerprint density at radius 2 is 1.43 bits per heavy atom. The van der Waals surface area contributed by atoms with Gasteiger partial charge in [0.25, 0.3) is 0 Å². The molecule has 4 aromatic rings. The SMILES string of the molecule is COc1cc(-n2cnc3ccc(-c4ccc(Cl)cc4)cc32)cc(OC)c1OC. The van der Waals surface area contributed by atoms with Crippen molar-refractivity contribution >= 4 is 22.6 Å². The number of rotatable bonds is 5. The number of halogens is 1. The highest BCUT2D eigenvalue weighted by Gasteiger charge is 2.15. The fourth-order valence-corrected chi connectivity index (χ4v) is 3.37. The maximum absolute atomic E-state index is 6.02. The average Bonchev–Trinajstić information content (AvgIpc) is 3.16. The average molecular weight is 395 g/mol. The summed E-state index contributed by atoms with van der Waals surface area (Å²) in [4.78, 5) is 4.53. The normalized spacial score (nSPS) is 10.9. The third-order valence-electron chi connectivity index (χ3n) is 4.65. The highest BCUT2D eigenvalue weighted by Crippen LogP contribution is 2.40. The lowest BCUT2D eigenvalue weighted by Gasteiger charge is -2.15. The number of imidazole rings is 1.